The number of fused-ring (bicyclic) bond motifs is 2. The Hall–Kier alpha value is -3.01. The van der Waals surface area contributed by atoms with E-state index in [-0.39, 0.29) is 4.90 Å². The molecule has 0 unspecified atom stereocenters. The first-order valence-corrected chi connectivity index (χ1v) is 12.1. The van der Waals surface area contributed by atoms with Crippen LogP contribution < -0.4 is 4.72 Å². The van der Waals surface area contributed by atoms with E-state index in [1.165, 1.54) is 23.9 Å². The molecule has 0 aliphatic rings. The molecule has 5 aromatic rings. The van der Waals surface area contributed by atoms with E-state index in [1.807, 2.05) is 35.0 Å². The number of oxazole rings is 1. The number of anilines is 1. The lowest BCUT2D eigenvalue weighted by atomic mass is 10.3. The maximum Gasteiger partial charge on any atom is 0.262 e. The number of halogens is 1. The van der Waals surface area contributed by atoms with E-state index in [9.17, 15) is 8.42 Å². The summed E-state index contributed by atoms with van der Waals surface area (Å²) in [6, 6.07) is 17.0. The number of para-hydroxylation sites is 1. The molecule has 0 amide bonds. The molecule has 3 aromatic heterocycles. The number of hydrogen-bond acceptors (Lipinski definition) is 6. The first-order chi connectivity index (χ1) is 15.0. The number of thioether (sulfide) groups is 1. The van der Waals surface area contributed by atoms with Crippen LogP contribution in [0.15, 0.2) is 87.6 Å². The lowest BCUT2D eigenvalue weighted by Gasteiger charge is -2.09. The first-order valence-electron chi connectivity index (χ1n) is 9.21. The summed E-state index contributed by atoms with van der Waals surface area (Å²) in [5.41, 5.74) is 3.04. The summed E-state index contributed by atoms with van der Waals surface area (Å²) in [5, 5.41) is 0.762. The highest BCUT2D eigenvalue weighted by Gasteiger charge is 2.18. The van der Waals surface area contributed by atoms with Gasteiger partial charge in [-0.3, -0.25) is 4.72 Å². The van der Waals surface area contributed by atoms with Crippen molar-refractivity contribution in [2.24, 2.45) is 0 Å². The number of nitrogens with one attached hydrogen (secondary N) is 1. The van der Waals surface area contributed by atoms with Crippen molar-refractivity contribution in [2.75, 3.05) is 4.72 Å². The van der Waals surface area contributed by atoms with Gasteiger partial charge in [-0.05, 0) is 36.4 Å². The molecule has 0 fully saturated rings. The third kappa shape index (κ3) is 4.12. The van der Waals surface area contributed by atoms with Crippen molar-refractivity contribution < 1.29 is 12.8 Å². The van der Waals surface area contributed by atoms with Gasteiger partial charge in [-0.1, -0.05) is 41.6 Å². The summed E-state index contributed by atoms with van der Waals surface area (Å²) >= 11 is 7.46. The van der Waals surface area contributed by atoms with Crippen molar-refractivity contribution in [3.05, 3.63) is 83.8 Å². The van der Waals surface area contributed by atoms with Gasteiger partial charge in [-0.15, -0.1) is 0 Å². The SMILES string of the molecule is O=S(=O)(Nc1ccccc1Cl)c1ccc2nc(SCc3cn4ccccc4n3)oc2c1. The van der Waals surface area contributed by atoms with Crippen molar-refractivity contribution in [1.29, 1.82) is 0 Å². The Balaban J connectivity index is 1.36. The molecule has 3 heterocycles. The lowest BCUT2D eigenvalue weighted by molar-refractivity contribution is 0.488. The summed E-state index contributed by atoms with van der Waals surface area (Å²) in [5.74, 6) is 0.577. The van der Waals surface area contributed by atoms with E-state index >= 15 is 0 Å². The highest BCUT2D eigenvalue weighted by molar-refractivity contribution is 7.98. The van der Waals surface area contributed by atoms with Gasteiger partial charge in [0.05, 0.1) is 21.3 Å². The van der Waals surface area contributed by atoms with E-state index in [2.05, 4.69) is 14.7 Å². The maximum absolute atomic E-state index is 12.8. The van der Waals surface area contributed by atoms with Crippen LogP contribution in [0.3, 0.4) is 0 Å². The predicted octanol–water partition coefficient (Wildman–Crippen LogP) is 5.22. The van der Waals surface area contributed by atoms with Crippen molar-refractivity contribution >= 4 is 55.8 Å². The van der Waals surface area contributed by atoms with Crippen LogP contribution in [-0.2, 0) is 15.8 Å². The van der Waals surface area contributed by atoms with Crippen molar-refractivity contribution in [3.8, 4) is 0 Å². The van der Waals surface area contributed by atoms with E-state index in [1.54, 1.807) is 30.3 Å². The van der Waals surface area contributed by atoms with Crippen molar-refractivity contribution in [1.82, 2.24) is 14.4 Å². The van der Waals surface area contributed by atoms with Gasteiger partial charge in [0.15, 0.2) is 5.58 Å². The molecular formula is C21H15ClN4O3S2. The highest BCUT2D eigenvalue weighted by Crippen LogP contribution is 2.29. The summed E-state index contributed by atoms with van der Waals surface area (Å²) in [7, 11) is -3.83. The summed E-state index contributed by atoms with van der Waals surface area (Å²) in [6.07, 6.45) is 3.89. The number of rotatable bonds is 6. The molecule has 0 saturated heterocycles. The van der Waals surface area contributed by atoms with Crippen LogP contribution in [-0.4, -0.2) is 22.8 Å². The standard InChI is InChI=1S/C21H15ClN4O3S2/c22-16-5-1-2-6-17(16)25-31(27,28)15-8-9-18-19(11-15)29-21(24-18)30-13-14-12-26-10-4-3-7-20(26)23-14/h1-12,25H,13H2. The Kier molecular flexibility index (Phi) is 5.09. The molecule has 0 radical (unpaired) electrons. The fraction of sp³-hybridized carbons (Fsp3) is 0.0476. The number of imidazole rings is 1. The molecule has 0 atom stereocenters. The van der Waals surface area contributed by atoms with Gasteiger partial charge in [0, 0.05) is 24.2 Å². The van der Waals surface area contributed by atoms with E-state index < -0.39 is 10.0 Å². The second-order valence-corrected chi connectivity index (χ2v) is 9.70. The molecule has 0 spiro atoms. The van der Waals surface area contributed by atoms with Gasteiger partial charge in [0.25, 0.3) is 15.2 Å². The van der Waals surface area contributed by atoms with Gasteiger partial charge in [-0.25, -0.2) is 18.4 Å². The van der Waals surface area contributed by atoms with Gasteiger partial charge < -0.3 is 8.82 Å². The molecule has 1 N–H and O–H groups in total. The Morgan fingerprint density at radius 2 is 1.90 bits per heavy atom. The zero-order valence-electron chi connectivity index (χ0n) is 15.9. The number of pyridine rings is 1. The van der Waals surface area contributed by atoms with Gasteiger partial charge in [0.2, 0.25) is 0 Å². The molecule has 0 bridgehead atoms. The van der Waals surface area contributed by atoms with Crippen LogP contribution in [0.5, 0.6) is 0 Å². The van der Waals surface area contributed by atoms with Crippen molar-refractivity contribution in [3.63, 3.8) is 0 Å². The Labute approximate surface area is 187 Å². The number of hydrogen-bond donors (Lipinski definition) is 1. The normalized spacial score (nSPS) is 11.9. The lowest BCUT2D eigenvalue weighted by Crippen LogP contribution is -2.13. The fourth-order valence-corrected chi connectivity index (χ4v) is 5.11. The second kappa shape index (κ2) is 7.92. The average Bonchev–Trinajstić information content (AvgIpc) is 3.36. The van der Waals surface area contributed by atoms with Crippen LogP contribution in [0.2, 0.25) is 5.02 Å². The Bertz CT molecular complexity index is 1480. The minimum atomic E-state index is -3.83. The van der Waals surface area contributed by atoms with Crippen LogP contribution >= 0.6 is 23.4 Å². The molecule has 0 aliphatic heterocycles. The summed E-state index contributed by atoms with van der Waals surface area (Å²) in [4.78, 5) is 9.04. The predicted molar refractivity (Wildman–Crippen MR) is 121 cm³/mol. The van der Waals surface area contributed by atoms with E-state index in [0.717, 1.165) is 11.3 Å². The second-order valence-electron chi connectivity index (χ2n) is 6.68. The first kappa shape index (κ1) is 19.9. The molecule has 31 heavy (non-hydrogen) atoms. The molecule has 156 valence electrons. The topological polar surface area (TPSA) is 89.5 Å². The van der Waals surface area contributed by atoms with E-state index in [4.69, 9.17) is 16.0 Å². The Morgan fingerprint density at radius 1 is 1.06 bits per heavy atom. The monoisotopic (exact) mass is 470 g/mol. The summed E-state index contributed by atoms with van der Waals surface area (Å²) < 4.78 is 35.7. The largest absolute Gasteiger partial charge is 0.431 e. The molecule has 7 nitrogen and oxygen atoms in total. The third-order valence-corrected chi connectivity index (χ3v) is 7.08. The summed E-state index contributed by atoms with van der Waals surface area (Å²) in [6.45, 7) is 0. The molecule has 0 aliphatic carbocycles. The van der Waals surface area contributed by atoms with Gasteiger partial charge in [-0.2, -0.15) is 0 Å². The van der Waals surface area contributed by atoms with Gasteiger partial charge >= 0.3 is 0 Å². The van der Waals surface area contributed by atoms with Gasteiger partial charge in [0.1, 0.15) is 11.2 Å². The maximum atomic E-state index is 12.8. The average molecular weight is 471 g/mol. The molecule has 0 saturated carbocycles. The van der Waals surface area contributed by atoms with Crippen LogP contribution in [0.1, 0.15) is 5.69 Å². The molecule has 10 heteroatoms. The van der Waals surface area contributed by atoms with Crippen molar-refractivity contribution in [2.45, 2.75) is 15.9 Å². The smallest absolute Gasteiger partial charge is 0.262 e. The quantitative estimate of drug-likeness (QED) is 0.342. The fourth-order valence-electron chi connectivity index (χ4n) is 3.05. The zero-order chi connectivity index (χ0) is 21.4. The van der Waals surface area contributed by atoms with Crippen LogP contribution in [0.4, 0.5) is 5.69 Å². The highest BCUT2D eigenvalue weighted by atomic mass is 35.5. The van der Waals surface area contributed by atoms with E-state index in [0.29, 0.717) is 32.8 Å². The zero-order valence-corrected chi connectivity index (χ0v) is 18.3. The van der Waals surface area contributed by atoms with Crippen LogP contribution in [0, 0.1) is 0 Å². The number of sulfonamides is 1. The minimum absolute atomic E-state index is 0.0629. The molecule has 2 aromatic carbocycles. The number of nitrogens with zero attached hydrogens (tertiary/aromatic N) is 3. The third-order valence-electron chi connectivity index (χ3n) is 4.53. The minimum Gasteiger partial charge on any atom is -0.431 e. The van der Waals surface area contributed by atoms with Crippen LogP contribution in [0.25, 0.3) is 16.7 Å². The molecule has 5 rings (SSSR count). The Morgan fingerprint density at radius 3 is 2.74 bits per heavy atom. The number of aromatic nitrogens is 3. The molecular weight excluding hydrogens is 456 g/mol. The number of benzene rings is 2.